The van der Waals surface area contributed by atoms with Gasteiger partial charge in [0.2, 0.25) is 0 Å². The normalized spacial score (nSPS) is 13.1. The van der Waals surface area contributed by atoms with Crippen LogP contribution in [0.5, 0.6) is 11.5 Å². The van der Waals surface area contributed by atoms with Crippen LogP contribution in [0.1, 0.15) is 66.1 Å². The van der Waals surface area contributed by atoms with Crippen LogP contribution in [0.3, 0.4) is 0 Å². The monoisotopic (exact) mass is 481 g/mol. The van der Waals surface area contributed by atoms with Gasteiger partial charge in [0.25, 0.3) is 0 Å². The molecule has 1 aliphatic carbocycles. The third-order valence-electron chi connectivity index (χ3n) is 6.61. The molecule has 1 aliphatic rings. The van der Waals surface area contributed by atoms with Crippen molar-refractivity contribution in [1.82, 2.24) is 0 Å². The first-order valence-corrected chi connectivity index (χ1v) is 12.9. The molecule has 3 aromatic rings. The van der Waals surface area contributed by atoms with Crippen LogP contribution < -0.4 is 9.47 Å². The van der Waals surface area contributed by atoms with Crippen molar-refractivity contribution in [3.8, 4) is 11.5 Å². The van der Waals surface area contributed by atoms with Crippen LogP contribution in [0.25, 0.3) is 11.1 Å². The number of methoxy groups -OCH3 is 1. The van der Waals surface area contributed by atoms with Gasteiger partial charge in [-0.15, -0.1) is 0 Å². The number of allylic oxidation sites excluding steroid dienone is 2. The molecule has 0 fully saturated rings. The number of fused-ring (bicyclic) bond motifs is 1. The van der Waals surface area contributed by atoms with Crippen LogP contribution >= 0.6 is 0 Å². The molecule has 0 aliphatic heterocycles. The maximum atomic E-state index is 13.8. The molecular formula is C32H35NO3. The minimum atomic E-state index is 0.0353. The molecule has 0 amide bonds. The van der Waals surface area contributed by atoms with Crippen LogP contribution in [0.2, 0.25) is 0 Å². The molecule has 3 aromatic carbocycles. The molecule has 0 heterocycles. The number of hydrogen-bond acceptors (Lipinski definition) is 4. The van der Waals surface area contributed by atoms with Gasteiger partial charge in [0.05, 0.1) is 7.11 Å². The predicted molar refractivity (Wildman–Crippen MR) is 148 cm³/mol. The van der Waals surface area contributed by atoms with E-state index in [4.69, 9.17) is 9.47 Å². The Bertz CT molecular complexity index is 1210. The number of carbonyl (C=O) groups excluding carboxylic acids is 1. The molecule has 4 nitrogen and oxygen atoms in total. The van der Waals surface area contributed by atoms with E-state index in [0.29, 0.717) is 12.2 Å². The van der Waals surface area contributed by atoms with Crippen molar-refractivity contribution in [2.75, 3.05) is 20.3 Å². The van der Waals surface area contributed by atoms with Gasteiger partial charge in [-0.3, -0.25) is 9.79 Å². The summed E-state index contributed by atoms with van der Waals surface area (Å²) >= 11 is 0. The second kappa shape index (κ2) is 12.9. The smallest absolute Gasteiger partial charge is 0.193 e. The molecule has 4 rings (SSSR count). The predicted octanol–water partition coefficient (Wildman–Crippen LogP) is 7.47. The molecule has 186 valence electrons. The number of rotatable bonds is 12. The quantitative estimate of drug-likeness (QED) is 0.153. The largest absolute Gasteiger partial charge is 0.497 e. The Morgan fingerprint density at radius 1 is 0.889 bits per heavy atom. The fourth-order valence-corrected chi connectivity index (χ4v) is 4.62. The molecular weight excluding hydrogens is 446 g/mol. The first kappa shape index (κ1) is 25.4. The second-order valence-electron chi connectivity index (χ2n) is 9.05. The number of benzene rings is 3. The number of aliphatic imine (C=N–C) groups is 1. The number of ketones is 1. The number of unbranched alkanes of at least 4 members (excludes halogenated alkanes) is 3. The van der Waals surface area contributed by atoms with Crippen molar-refractivity contribution in [2.45, 2.75) is 45.4 Å². The van der Waals surface area contributed by atoms with E-state index in [9.17, 15) is 4.79 Å². The zero-order valence-corrected chi connectivity index (χ0v) is 21.3. The van der Waals surface area contributed by atoms with Gasteiger partial charge in [-0.25, -0.2) is 0 Å². The summed E-state index contributed by atoms with van der Waals surface area (Å²) in [5.74, 6) is 1.58. The molecule has 36 heavy (non-hydrogen) atoms. The van der Waals surface area contributed by atoms with E-state index in [1.165, 1.54) is 24.8 Å². The fourth-order valence-electron chi connectivity index (χ4n) is 4.62. The van der Waals surface area contributed by atoms with Crippen molar-refractivity contribution in [3.63, 3.8) is 0 Å². The Kier molecular flexibility index (Phi) is 9.09. The minimum absolute atomic E-state index is 0.0353. The SMILES string of the molecule is CCCCCCN=CCOc1ccc(C(=O)C2=C(c3ccc(OC)cc3)CCc3ccccc32)cc1. The molecule has 0 saturated carbocycles. The Morgan fingerprint density at radius 3 is 2.39 bits per heavy atom. The summed E-state index contributed by atoms with van der Waals surface area (Å²) in [5, 5.41) is 0. The highest BCUT2D eigenvalue weighted by atomic mass is 16.5. The third-order valence-corrected chi connectivity index (χ3v) is 6.61. The summed E-state index contributed by atoms with van der Waals surface area (Å²) in [6.45, 7) is 3.49. The summed E-state index contributed by atoms with van der Waals surface area (Å²) in [4.78, 5) is 18.3. The van der Waals surface area contributed by atoms with Gasteiger partial charge >= 0.3 is 0 Å². The van der Waals surface area contributed by atoms with Crippen LogP contribution in [-0.2, 0) is 6.42 Å². The van der Waals surface area contributed by atoms with Gasteiger partial charge in [0.15, 0.2) is 5.78 Å². The van der Waals surface area contributed by atoms with Crippen molar-refractivity contribution in [1.29, 1.82) is 0 Å². The standard InChI is InChI=1S/C32H35NO3/c1-3-4-5-8-21-33-22-23-36-28-18-13-26(14-19-28)32(34)31-29-10-7-6-9-24(29)15-20-30(31)25-11-16-27(35-2)17-12-25/h6-7,9-14,16-19,22H,3-5,8,15,20-21,23H2,1-2H3. The van der Waals surface area contributed by atoms with Crippen LogP contribution in [-0.4, -0.2) is 32.3 Å². The van der Waals surface area contributed by atoms with Gasteiger partial charge in [0.1, 0.15) is 18.1 Å². The third kappa shape index (κ3) is 6.31. The van der Waals surface area contributed by atoms with Gasteiger partial charge < -0.3 is 9.47 Å². The van der Waals surface area contributed by atoms with E-state index >= 15 is 0 Å². The molecule has 0 N–H and O–H groups in total. The lowest BCUT2D eigenvalue weighted by Crippen LogP contribution is -2.12. The van der Waals surface area contributed by atoms with E-state index in [1.807, 2.05) is 66.9 Å². The molecule has 4 heteroatoms. The van der Waals surface area contributed by atoms with Gasteiger partial charge in [-0.1, -0.05) is 62.6 Å². The highest BCUT2D eigenvalue weighted by molar-refractivity contribution is 6.35. The molecule has 0 unspecified atom stereocenters. The van der Waals surface area contributed by atoms with Crippen LogP contribution in [0.4, 0.5) is 0 Å². The first-order chi connectivity index (χ1) is 17.7. The Morgan fingerprint density at radius 2 is 1.64 bits per heavy atom. The van der Waals surface area contributed by atoms with E-state index in [0.717, 1.165) is 59.6 Å². The summed E-state index contributed by atoms with van der Waals surface area (Å²) in [5.41, 5.74) is 5.82. The number of carbonyl (C=O) groups is 1. The fraction of sp³-hybridized carbons (Fsp3) is 0.312. The Labute approximate surface area is 214 Å². The van der Waals surface area contributed by atoms with Gasteiger partial charge in [-0.2, -0.15) is 0 Å². The maximum Gasteiger partial charge on any atom is 0.193 e. The maximum absolute atomic E-state index is 13.8. The minimum Gasteiger partial charge on any atom is -0.497 e. The van der Waals surface area contributed by atoms with Crippen molar-refractivity contribution in [2.24, 2.45) is 4.99 Å². The lowest BCUT2D eigenvalue weighted by molar-refractivity contribution is 0.105. The number of hydrogen-bond donors (Lipinski definition) is 0. The summed E-state index contributed by atoms with van der Waals surface area (Å²) in [6.07, 6.45) is 8.42. The van der Waals surface area contributed by atoms with Crippen molar-refractivity contribution < 1.29 is 14.3 Å². The highest BCUT2D eigenvalue weighted by Crippen LogP contribution is 2.39. The number of nitrogens with zero attached hydrogens (tertiary/aromatic N) is 1. The van der Waals surface area contributed by atoms with Crippen LogP contribution in [0.15, 0.2) is 77.8 Å². The lowest BCUT2D eigenvalue weighted by Gasteiger charge is -2.23. The highest BCUT2D eigenvalue weighted by Gasteiger charge is 2.26. The van der Waals surface area contributed by atoms with E-state index in [2.05, 4.69) is 24.0 Å². The average Bonchev–Trinajstić information content (AvgIpc) is 2.94. The molecule has 0 radical (unpaired) electrons. The molecule has 0 saturated heterocycles. The number of Topliss-reactive ketones (excluding diaryl/α,β-unsaturated/α-hetero) is 1. The van der Waals surface area contributed by atoms with Gasteiger partial charge in [0, 0.05) is 23.9 Å². The zero-order valence-electron chi connectivity index (χ0n) is 21.3. The lowest BCUT2D eigenvalue weighted by atomic mass is 9.79. The molecule has 0 spiro atoms. The van der Waals surface area contributed by atoms with Crippen molar-refractivity contribution in [3.05, 3.63) is 95.1 Å². The summed E-state index contributed by atoms with van der Waals surface area (Å²) in [6, 6.07) is 23.7. The molecule has 0 atom stereocenters. The molecule has 0 bridgehead atoms. The Balaban J connectivity index is 1.51. The zero-order chi connectivity index (χ0) is 25.2. The van der Waals surface area contributed by atoms with E-state index < -0.39 is 0 Å². The number of aryl methyl sites for hydroxylation is 1. The topological polar surface area (TPSA) is 47.9 Å². The average molecular weight is 482 g/mol. The summed E-state index contributed by atoms with van der Waals surface area (Å²) in [7, 11) is 1.66. The van der Waals surface area contributed by atoms with E-state index in [-0.39, 0.29) is 5.78 Å². The Hall–Kier alpha value is -3.66. The summed E-state index contributed by atoms with van der Waals surface area (Å²) < 4.78 is 11.1. The van der Waals surface area contributed by atoms with Crippen LogP contribution in [0, 0.1) is 0 Å². The van der Waals surface area contributed by atoms with Crippen molar-refractivity contribution >= 4 is 23.1 Å². The second-order valence-corrected chi connectivity index (χ2v) is 9.05. The molecule has 0 aromatic heterocycles. The van der Waals surface area contributed by atoms with Gasteiger partial charge in [-0.05, 0) is 77.9 Å². The van der Waals surface area contributed by atoms with E-state index in [1.54, 1.807) is 7.11 Å². The first-order valence-electron chi connectivity index (χ1n) is 12.9. The number of ether oxygens (including phenoxy) is 2.